The number of benzene rings is 2. The molecule has 1 N–H and O–H groups in total. The molecule has 3 nitrogen and oxygen atoms in total. The molecule has 2 aromatic carbocycles. The minimum Gasteiger partial charge on any atom is -0.496 e. The van der Waals surface area contributed by atoms with E-state index >= 15 is 0 Å². The van der Waals surface area contributed by atoms with Crippen LogP contribution >= 0.6 is 11.8 Å². The van der Waals surface area contributed by atoms with Crippen LogP contribution in [0.3, 0.4) is 0 Å². The highest BCUT2D eigenvalue weighted by molar-refractivity contribution is 8.08. The smallest absolute Gasteiger partial charge is 0.249 e. The van der Waals surface area contributed by atoms with Crippen molar-refractivity contribution in [3.63, 3.8) is 0 Å². The molecule has 1 aliphatic rings. The summed E-state index contributed by atoms with van der Waals surface area (Å²) in [4.78, 5) is 13.9. The minimum absolute atomic E-state index is 0.122. The van der Waals surface area contributed by atoms with E-state index in [1.807, 2.05) is 48.5 Å². The first kappa shape index (κ1) is 12.8. The lowest BCUT2D eigenvalue weighted by Crippen LogP contribution is -2.07. The normalized spacial score (nSPS) is 13.8. The standard InChI is InChI=1S/C16H13NO2S/c1-19-13-8-4-2-6-11(13)15-10-16(18)17-12-7-3-5-9-14(12)20-15/h2-10H,1H3,(H,17,18). The Hall–Kier alpha value is -2.20. The Kier molecular flexibility index (Phi) is 3.48. The zero-order valence-electron chi connectivity index (χ0n) is 10.9. The molecule has 2 aromatic rings. The van der Waals surface area contributed by atoms with Crippen molar-refractivity contribution in [1.29, 1.82) is 0 Å². The highest BCUT2D eigenvalue weighted by atomic mass is 32.2. The first-order valence-electron chi connectivity index (χ1n) is 6.21. The summed E-state index contributed by atoms with van der Waals surface area (Å²) in [6, 6.07) is 15.5. The number of nitrogens with one attached hydrogen (secondary N) is 1. The second-order valence-corrected chi connectivity index (χ2v) is 5.38. The molecule has 0 atom stereocenters. The number of carbonyl (C=O) groups is 1. The van der Waals surface area contributed by atoms with Crippen LogP contribution in [0.1, 0.15) is 5.56 Å². The van der Waals surface area contributed by atoms with E-state index in [1.54, 1.807) is 24.9 Å². The fourth-order valence-electron chi connectivity index (χ4n) is 2.08. The molecule has 1 heterocycles. The lowest BCUT2D eigenvalue weighted by molar-refractivity contribution is -0.111. The van der Waals surface area contributed by atoms with E-state index in [4.69, 9.17) is 4.74 Å². The molecular weight excluding hydrogens is 270 g/mol. The number of ether oxygens (including phenoxy) is 1. The Labute approximate surface area is 121 Å². The molecule has 4 heteroatoms. The molecule has 1 amide bonds. The van der Waals surface area contributed by atoms with Gasteiger partial charge >= 0.3 is 0 Å². The molecule has 20 heavy (non-hydrogen) atoms. The van der Waals surface area contributed by atoms with Crippen LogP contribution in [0, 0.1) is 0 Å². The van der Waals surface area contributed by atoms with Crippen molar-refractivity contribution < 1.29 is 9.53 Å². The SMILES string of the molecule is COc1ccccc1C1=CC(=O)Nc2ccccc2S1. The molecular formula is C16H13NO2S. The lowest BCUT2D eigenvalue weighted by Gasteiger charge is -2.10. The van der Waals surface area contributed by atoms with Gasteiger partial charge in [0.1, 0.15) is 5.75 Å². The van der Waals surface area contributed by atoms with Gasteiger partial charge in [-0.25, -0.2) is 0 Å². The molecule has 0 unspecified atom stereocenters. The predicted octanol–water partition coefficient (Wildman–Crippen LogP) is 3.78. The van der Waals surface area contributed by atoms with Crippen LogP contribution in [0.4, 0.5) is 5.69 Å². The largest absolute Gasteiger partial charge is 0.496 e. The van der Waals surface area contributed by atoms with Gasteiger partial charge in [0.25, 0.3) is 0 Å². The molecule has 3 rings (SSSR count). The van der Waals surface area contributed by atoms with Gasteiger partial charge in [-0.15, -0.1) is 0 Å². The number of thioether (sulfide) groups is 1. The van der Waals surface area contributed by atoms with E-state index < -0.39 is 0 Å². The van der Waals surface area contributed by atoms with Crippen LogP contribution in [-0.4, -0.2) is 13.0 Å². The molecule has 0 spiro atoms. The number of amides is 1. The number of fused-ring (bicyclic) bond motifs is 1. The van der Waals surface area contributed by atoms with Crippen molar-refractivity contribution in [2.24, 2.45) is 0 Å². The van der Waals surface area contributed by atoms with E-state index in [0.29, 0.717) is 0 Å². The molecule has 100 valence electrons. The highest BCUT2D eigenvalue weighted by Gasteiger charge is 2.17. The van der Waals surface area contributed by atoms with Gasteiger partial charge in [-0.1, -0.05) is 42.1 Å². The third-order valence-electron chi connectivity index (χ3n) is 3.00. The number of anilines is 1. The van der Waals surface area contributed by atoms with E-state index in [-0.39, 0.29) is 5.91 Å². The van der Waals surface area contributed by atoms with Gasteiger partial charge in [-0.05, 0) is 18.2 Å². The van der Waals surface area contributed by atoms with Crippen molar-refractivity contribution in [2.45, 2.75) is 4.90 Å². The highest BCUT2D eigenvalue weighted by Crippen LogP contribution is 2.42. The van der Waals surface area contributed by atoms with Crippen molar-refractivity contribution in [1.82, 2.24) is 0 Å². The summed E-state index contributed by atoms with van der Waals surface area (Å²) in [6.45, 7) is 0. The van der Waals surface area contributed by atoms with Crippen LogP contribution in [0.5, 0.6) is 5.75 Å². The molecule has 0 aliphatic carbocycles. The van der Waals surface area contributed by atoms with E-state index in [2.05, 4.69) is 5.32 Å². The molecule has 0 fully saturated rings. The molecule has 0 radical (unpaired) electrons. The first-order valence-corrected chi connectivity index (χ1v) is 7.02. The maximum Gasteiger partial charge on any atom is 0.249 e. The Balaban J connectivity index is 2.08. The number of carbonyl (C=O) groups excluding carboxylic acids is 1. The number of rotatable bonds is 2. The Bertz CT molecular complexity index is 694. The monoisotopic (exact) mass is 283 g/mol. The summed E-state index contributed by atoms with van der Waals surface area (Å²) >= 11 is 1.56. The molecule has 1 aliphatic heterocycles. The second-order valence-electron chi connectivity index (χ2n) is 4.30. The van der Waals surface area contributed by atoms with Crippen LogP contribution < -0.4 is 10.1 Å². The zero-order valence-corrected chi connectivity index (χ0v) is 11.7. The Morgan fingerprint density at radius 3 is 2.65 bits per heavy atom. The Morgan fingerprint density at radius 1 is 1.05 bits per heavy atom. The minimum atomic E-state index is -0.122. The van der Waals surface area contributed by atoms with Crippen molar-refractivity contribution in [3.05, 3.63) is 60.2 Å². The van der Waals surface area contributed by atoms with Gasteiger partial charge in [-0.3, -0.25) is 4.79 Å². The molecule has 0 saturated heterocycles. The van der Waals surface area contributed by atoms with Crippen LogP contribution in [0.15, 0.2) is 59.5 Å². The van der Waals surface area contributed by atoms with Crippen molar-refractivity contribution in [3.8, 4) is 5.75 Å². The van der Waals surface area contributed by atoms with Crippen molar-refractivity contribution in [2.75, 3.05) is 12.4 Å². The second kappa shape index (κ2) is 5.43. The van der Waals surface area contributed by atoms with Gasteiger partial charge in [0.05, 0.1) is 12.8 Å². The zero-order chi connectivity index (χ0) is 13.9. The molecule has 0 bridgehead atoms. The molecule has 0 aromatic heterocycles. The Morgan fingerprint density at radius 2 is 1.80 bits per heavy atom. The van der Waals surface area contributed by atoms with Crippen molar-refractivity contribution >= 4 is 28.3 Å². The van der Waals surface area contributed by atoms with Gasteiger partial charge < -0.3 is 10.1 Å². The number of para-hydroxylation sites is 2. The quantitative estimate of drug-likeness (QED) is 0.911. The topological polar surface area (TPSA) is 38.3 Å². The predicted molar refractivity (Wildman–Crippen MR) is 81.9 cm³/mol. The number of hydrogen-bond donors (Lipinski definition) is 1. The summed E-state index contributed by atoms with van der Waals surface area (Å²) in [6.07, 6.45) is 1.61. The van der Waals surface area contributed by atoms with Crippen LogP contribution in [0.25, 0.3) is 4.91 Å². The summed E-state index contributed by atoms with van der Waals surface area (Å²) in [5.74, 6) is 0.641. The van der Waals surface area contributed by atoms with E-state index in [0.717, 1.165) is 26.8 Å². The van der Waals surface area contributed by atoms with E-state index in [9.17, 15) is 4.79 Å². The maximum absolute atomic E-state index is 12.0. The maximum atomic E-state index is 12.0. The summed E-state index contributed by atoms with van der Waals surface area (Å²) in [7, 11) is 1.63. The third-order valence-corrected chi connectivity index (χ3v) is 4.13. The summed E-state index contributed by atoms with van der Waals surface area (Å²) < 4.78 is 5.38. The average Bonchev–Trinajstić information content (AvgIpc) is 2.65. The van der Waals surface area contributed by atoms with Gasteiger partial charge in [-0.2, -0.15) is 0 Å². The van der Waals surface area contributed by atoms with E-state index in [1.165, 1.54) is 0 Å². The van der Waals surface area contributed by atoms with Gasteiger partial charge in [0.15, 0.2) is 0 Å². The van der Waals surface area contributed by atoms with Gasteiger partial charge in [0.2, 0.25) is 5.91 Å². The van der Waals surface area contributed by atoms with Crippen LogP contribution in [-0.2, 0) is 4.79 Å². The first-order chi connectivity index (χ1) is 9.78. The third kappa shape index (κ3) is 2.42. The summed E-state index contributed by atoms with van der Waals surface area (Å²) in [5, 5.41) is 2.88. The fraction of sp³-hybridized carbons (Fsp3) is 0.0625. The molecule has 0 saturated carbocycles. The lowest BCUT2D eigenvalue weighted by atomic mass is 10.2. The average molecular weight is 283 g/mol. The summed E-state index contributed by atoms with van der Waals surface area (Å²) in [5.41, 5.74) is 1.76. The van der Waals surface area contributed by atoms with Crippen LogP contribution in [0.2, 0.25) is 0 Å². The fourth-order valence-corrected chi connectivity index (χ4v) is 3.13. The van der Waals surface area contributed by atoms with Gasteiger partial charge in [0, 0.05) is 21.4 Å². The number of hydrogen-bond acceptors (Lipinski definition) is 3. The number of methoxy groups -OCH3 is 1.